The van der Waals surface area contributed by atoms with Crippen molar-refractivity contribution in [3.63, 3.8) is 0 Å². The molecule has 1 aliphatic rings. The number of rotatable bonds is 5. The van der Waals surface area contributed by atoms with E-state index in [0.29, 0.717) is 5.76 Å². The van der Waals surface area contributed by atoms with Crippen LogP contribution in [-0.4, -0.2) is 25.5 Å². The highest BCUT2D eigenvalue weighted by Gasteiger charge is 2.22. The molecule has 1 heterocycles. The summed E-state index contributed by atoms with van der Waals surface area (Å²) in [4.78, 5) is 12.4. The lowest BCUT2D eigenvalue weighted by atomic mass is 9.96. The van der Waals surface area contributed by atoms with Crippen molar-refractivity contribution in [2.45, 2.75) is 50.0 Å². The van der Waals surface area contributed by atoms with Gasteiger partial charge in [-0.05, 0) is 38.0 Å². The molecule has 8 heteroatoms. The lowest BCUT2D eigenvalue weighted by Gasteiger charge is -2.22. The molecule has 25 heavy (non-hydrogen) atoms. The van der Waals surface area contributed by atoms with Gasteiger partial charge >= 0.3 is 0 Å². The number of nitrogens with one attached hydrogen (secondary N) is 2. The monoisotopic (exact) mass is 363 g/mol. The van der Waals surface area contributed by atoms with Gasteiger partial charge in [0.2, 0.25) is 10.0 Å². The zero-order chi connectivity index (χ0) is 17.9. The first-order chi connectivity index (χ1) is 11.9. The first-order valence-electron chi connectivity index (χ1n) is 8.31. The van der Waals surface area contributed by atoms with E-state index in [1.165, 1.54) is 12.1 Å². The maximum absolute atomic E-state index is 12.6. The SMILES string of the molecule is Cc1cc(NC(=O)c2cccc(S(=O)(=O)NC3CCCCC3)c2)no1. The van der Waals surface area contributed by atoms with Gasteiger partial charge < -0.3 is 9.84 Å². The highest BCUT2D eigenvalue weighted by molar-refractivity contribution is 7.89. The maximum atomic E-state index is 12.6. The molecule has 0 unspecified atom stereocenters. The van der Waals surface area contributed by atoms with Gasteiger partial charge in [-0.15, -0.1) is 0 Å². The molecule has 0 radical (unpaired) electrons. The third-order valence-corrected chi connectivity index (χ3v) is 5.72. The van der Waals surface area contributed by atoms with Crippen LogP contribution in [-0.2, 0) is 10.0 Å². The quantitative estimate of drug-likeness (QED) is 0.850. The highest BCUT2D eigenvalue weighted by Crippen LogP contribution is 2.20. The summed E-state index contributed by atoms with van der Waals surface area (Å²) >= 11 is 0. The van der Waals surface area contributed by atoms with Crippen LogP contribution >= 0.6 is 0 Å². The number of amides is 1. The summed E-state index contributed by atoms with van der Waals surface area (Å²) in [6.07, 6.45) is 4.92. The van der Waals surface area contributed by atoms with Crippen molar-refractivity contribution < 1.29 is 17.7 Å². The predicted molar refractivity (Wildman–Crippen MR) is 92.8 cm³/mol. The molecule has 0 bridgehead atoms. The normalized spacial score (nSPS) is 15.9. The third kappa shape index (κ3) is 4.46. The Balaban J connectivity index is 1.74. The number of anilines is 1. The number of aryl methyl sites for hydroxylation is 1. The molecule has 134 valence electrons. The van der Waals surface area contributed by atoms with Gasteiger partial charge in [0.1, 0.15) is 5.76 Å². The fourth-order valence-corrected chi connectivity index (χ4v) is 4.28. The number of carbonyl (C=O) groups excluding carboxylic acids is 1. The highest BCUT2D eigenvalue weighted by atomic mass is 32.2. The molecule has 1 aromatic carbocycles. The fraction of sp³-hybridized carbons (Fsp3) is 0.412. The van der Waals surface area contributed by atoms with Crippen molar-refractivity contribution in [1.82, 2.24) is 9.88 Å². The lowest BCUT2D eigenvalue weighted by molar-refractivity contribution is 0.102. The van der Waals surface area contributed by atoms with Crippen LogP contribution in [0.25, 0.3) is 0 Å². The van der Waals surface area contributed by atoms with E-state index in [2.05, 4.69) is 15.2 Å². The van der Waals surface area contributed by atoms with Crippen LogP contribution in [0.5, 0.6) is 0 Å². The van der Waals surface area contributed by atoms with E-state index in [0.717, 1.165) is 32.1 Å². The van der Waals surface area contributed by atoms with E-state index >= 15 is 0 Å². The van der Waals surface area contributed by atoms with Gasteiger partial charge in [0.05, 0.1) is 4.90 Å². The van der Waals surface area contributed by atoms with Gasteiger partial charge in [-0.1, -0.05) is 30.5 Å². The maximum Gasteiger partial charge on any atom is 0.256 e. The van der Waals surface area contributed by atoms with Crippen LogP contribution in [0.1, 0.15) is 48.2 Å². The van der Waals surface area contributed by atoms with Crippen LogP contribution < -0.4 is 10.0 Å². The zero-order valence-electron chi connectivity index (χ0n) is 14.0. The number of hydrogen-bond acceptors (Lipinski definition) is 5. The molecular formula is C17H21N3O4S. The smallest absolute Gasteiger partial charge is 0.256 e. The van der Waals surface area contributed by atoms with Crippen molar-refractivity contribution in [2.75, 3.05) is 5.32 Å². The van der Waals surface area contributed by atoms with E-state index in [1.54, 1.807) is 25.1 Å². The van der Waals surface area contributed by atoms with Gasteiger partial charge in [-0.2, -0.15) is 0 Å². The lowest BCUT2D eigenvalue weighted by Crippen LogP contribution is -2.36. The molecule has 1 saturated carbocycles. The molecular weight excluding hydrogens is 342 g/mol. The topological polar surface area (TPSA) is 101 Å². The second-order valence-corrected chi connectivity index (χ2v) is 7.97. The Bertz CT molecular complexity index is 854. The summed E-state index contributed by atoms with van der Waals surface area (Å²) in [5.74, 6) is 0.419. The Kier molecular flexibility index (Phi) is 5.19. The summed E-state index contributed by atoms with van der Waals surface area (Å²) in [6, 6.07) is 7.52. The molecule has 0 aliphatic heterocycles. The van der Waals surface area contributed by atoms with Crippen molar-refractivity contribution >= 4 is 21.7 Å². The fourth-order valence-electron chi connectivity index (χ4n) is 2.93. The van der Waals surface area contributed by atoms with Gasteiger partial charge in [-0.25, -0.2) is 13.1 Å². The van der Waals surface area contributed by atoms with E-state index in [1.807, 2.05) is 0 Å². The predicted octanol–water partition coefficient (Wildman–Crippen LogP) is 2.85. The van der Waals surface area contributed by atoms with E-state index < -0.39 is 15.9 Å². The molecule has 2 aromatic rings. The molecule has 0 atom stereocenters. The standard InChI is InChI=1S/C17H21N3O4S/c1-12-10-16(19-24-12)18-17(21)13-6-5-9-15(11-13)25(22,23)20-14-7-3-2-4-8-14/h5-6,9-11,14,20H,2-4,7-8H2,1H3,(H,18,19,21). The summed E-state index contributed by atoms with van der Waals surface area (Å²) in [7, 11) is -3.65. The van der Waals surface area contributed by atoms with Crippen LogP contribution in [0.15, 0.2) is 39.8 Å². The van der Waals surface area contributed by atoms with E-state index in [9.17, 15) is 13.2 Å². The van der Waals surface area contributed by atoms with Crippen LogP contribution in [0.4, 0.5) is 5.82 Å². The molecule has 1 aromatic heterocycles. The summed E-state index contributed by atoms with van der Waals surface area (Å²) < 4.78 is 32.8. The average molecular weight is 363 g/mol. The Labute approximate surface area is 146 Å². The van der Waals surface area contributed by atoms with Gasteiger partial charge in [0.25, 0.3) is 5.91 Å². The molecule has 1 aliphatic carbocycles. The minimum Gasteiger partial charge on any atom is -0.360 e. The number of nitrogens with zero attached hydrogens (tertiary/aromatic N) is 1. The van der Waals surface area contributed by atoms with Crippen LogP contribution in [0.2, 0.25) is 0 Å². The Hall–Kier alpha value is -2.19. The molecule has 1 fully saturated rings. The number of aromatic nitrogens is 1. The zero-order valence-corrected chi connectivity index (χ0v) is 14.8. The van der Waals surface area contributed by atoms with Crippen LogP contribution in [0, 0.1) is 6.92 Å². The van der Waals surface area contributed by atoms with Crippen molar-refractivity contribution in [1.29, 1.82) is 0 Å². The number of sulfonamides is 1. The molecule has 3 rings (SSSR count). The second kappa shape index (κ2) is 7.37. The van der Waals surface area contributed by atoms with Gasteiger partial charge in [0, 0.05) is 17.7 Å². The Morgan fingerprint density at radius 3 is 2.64 bits per heavy atom. The molecule has 1 amide bonds. The molecule has 7 nitrogen and oxygen atoms in total. The minimum absolute atomic E-state index is 0.0330. The Morgan fingerprint density at radius 2 is 1.96 bits per heavy atom. The number of benzene rings is 1. The van der Waals surface area contributed by atoms with Gasteiger partial charge in [-0.3, -0.25) is 4.79 Å². The van der Waals surface area contributed by atoms with Gasteiger partial charge in [0.15, 0.2) is 5.82 Å². The average Bonchev–Trinajstić information content (AvgIpc) is 3.00. The first kappa shape index (κ1) is 17.6. The summed E-state index contributed by atoms with van der Waals surface area (Å²) in [6.45, 7) is 1.72. The van der Waals surface area contributed by atoms with Crippen molar-refractivity contribution in [2.24, 2.45) is 0 Å². The summed E-state index contributed by atoms with van der Waals surface area (Å²) in [5.41, 5.74) is 0.243. The molecule has 2 N–H and O–H groups in total. The Morgan fingerprint density at radius 1 is 1.20 bits per heavy atom. The summed E-state index contributed by atoms with van der Waals surface area (Å²) in [5, 5.41) is 6.27. The second-order valence-electron chi connectivity index (χ2n) is 6.26. The van der Waals surface area contributed by atoms with Crippen molar-refractivity contribution in [3.05, 3.63) is 41.7 Å². The molecule has 0 saturated heterocycles. The number of hydrogen-bond donors (Lipinski definition) is 2. The molecule has 0 spiro atoms. The minimum atomic E-state index is -3.65. The van der Waals surface area contributed by atoms with Crippen LogP contribution in [0.3, 0.4) is 0 Å². The third-order valence-electron chi connectivity index (χ3n) is 4.20. The van der Waals surface area contributed by atoms with E-state index in [-0.39, 0.29) is 22.3 Å². The number of carbonyl (C=O) groups is 1. The van der Waals surface area contributed by atoms with Crippen molar-refractivity contribution in [3.8, 4) is 0 Å². The first-order valence-corrected chi connectivity index (χ1v) is 9.79. The van der Waals surface area contributed by atoms with E-state index in [4.69, 9.17) is 4.52 Å². The largest absolute Gasteiger partial charge is 0.360 e.